The molecular weight excluding hydrogens is 466 g/mol. The van der Waals surface area contributed by atoms with Crippen molar-refractivity contribution in [1.29, 1.82) is 0 Å². The monoisotopic (exact) mass is 497 g/mol. The fraction of sp³-hybridized carbons (Fsp3) is 0.345. The first kappa shape index (κ1) is 23.5. The van der Waals surface area contributed by atoms with Crippen LogP contribution < -0.4 is 10.5 Å². The van der Waals surface area contributed by atoms with Crippen LogP contribution in [0.4, 0.5) is 5.82 Å². The van der Waals surface area contributed by atoms with E-state index in [-0.39, 0.29) is 11.8 Å². The summed E-state index contributed by atoms with van der Waals surface area (Å²) in [4.78, 5) is 23.9. The summed E-state index contributed by atoms with van der Waals surface area (Å²) in [5.74, 6) is 2.32. The number of piperidine rings is 1. The van der Waals surface area contributed by atoms with Gasteiger partial charge in [-0.15, -0.1) is 0 Å². The maximum atomic E-state index is 12.4. The lowest BCUT2D eigenvalue weighted by Crippen LogP contribution is -2.41. The van der Waals surface area contributed by atoms with Gasteiger partial charge in [0.25, 0.3) is 0 Å². The summed E-state index contributed by atoms with van der Waals surface area (Å²) in [6.45, 7) is 2.45. The number of carbonyl (C=O) groups excluding carboxylic acids is 1. The highest BCUT2D eigenvalue weighted by atomic mass is 16.5. The number of carbonyl (C=O) groups is 1. The van der Waals surface area contributed by atoms with Crippen LogP contribution >= 0.6 is 0 Å². The van der Waals surface area contributed by atoms with E-state index in [0.29, 0.717) is 36.1 Å². The zero-order valence-electron chi connectivity index (χ0n) is 21.1. The molecule has 2 aliphatic rings. The van der Waals surface area contributed by atoms with E-state index in [2.05, 4.69) is 4.98 Å². The van der Waals surface area contributed by atoms with Crippen molar-refractivity contribution >= 4 is 17.2 Å². The zero-order valence-corrected chi connectivity index (χ0v) is 21.1. The van der Waals surface area contributed by atoms with E-state index in [9.17, 15) is 9.90 Å². The van der Waals surface area contributed by atoms with Gasteiger partial charge in [0.05, 0.1) is 7.11 Å². The second-order valence-corrected chi connectivity index (χ2v) is 10.2. The summed E-state index contributed by atoms with van der Waals surface area (Å²) in [6, 6.07) is 15.6. The van der Waals surface area contributed by atoms with Gasteiger partial charge in [-0.05, 0) is 37.8 Å². The number of nitrogens with two attached hydrogens (primary N) is 1. The average molecular weight is 498 g/mol. The minimum absolute atomic E-state index is 0.131. The average Bonchev–Trinajstić information content (AvgIpc) is 3.50. The second kappa shape index (κ2) is 8.88. The van der Waals surface area contributed by atoms with Gasteiger partial charge < -0.3 is 20.5 Å². The number of aromatic nitrogens is 3. The van der Waals surface area contributed by atoms with Crippen molar-refractivity contribution in [3.8, 4) is 17.0 Å². The van der Waals surface area contributed by atoms with Crippen molar-refractivity contribution < 1.29 is 14.6 Å². The third-order valence-corrected chi connectivity index (χ3v) is 8.05. The Morgan fingerprint density at radius 3 is 2.68 bits per heavy atom. The number of rotatable bonds is 5. The number of fused-ring (bicyclic) bond motifs is 2. The summed E-state index contributed by atoms with van der Waals surface area (Å²) in [6.07, 6.45) is 7.17. The molecule has 0 radical (unpaired) electrons. The Bertz CT molecular complexity index is 1480. The summed E-state index contributed by atoms with van der Waals surface area (Å²) in [7, 11) is 1.60. The predicted molar refractivity (Wildman–Crippen MR) is 141 cm³/mol. The van der Waals surface area contributed by atoms with E-state index >= 15 is 0 Å². The largest absolute Gasteiger partial charge is 0.496 e. The smallest absolute Gasteiger partial charge is 0.222 e. The number of nitrogen functional groups attached to an aromatic ring is 1. The minimum Gasteiger partial charge on any atom is -0.496 e. The Kier molecular flexibility index (Phi) is 5.64. The number of hydrogen-bond donors (Lipinski definition) is 2. The fourth-order valence-corrected chi connectivity index (χ4v) is 6.01. The van der Waals surface area contributed by atoms with Gasteiger partial charge in [-0.3, -0.25) is 9.20 Å². The molecule has 2 aromatic heterocycles. The molecule has 1 amide bonds. The molecule has 3 N–H and O–H groups in total. The fourth-order valence-electron chi connectivity index (χ4n) is 6.01. The lowest BCUT2D eigenvalue weighted by Gasteiger charge is -2.34. The van der Waals surface area contributed by atoms with E-state index < -0.39 is 5.60 Å². The van der Waals surface area contributed by atoms with Crippen LogP contribution in [0.1, 0.15) is 55.5 Å². The third kappa shape index (κ3) is 3.83. The van der Waals surface area contributed by atoms with Crippen LogP contribution in [0.2, 0.25) is 0 Å². The Morgan fingerprint density at radius 1 is 1.11 bits per heavy atom. The first-order valence-corrected chi connectivity index (χ1v) is 12.8. The molecule has 2 saturated heterocycles. The van der Waals surface area contributed by atoms with Crippen LogP contribution in [-0.4, -0.2) is 50.0 Å². The van der Waals surface area contributed by atoms with Crippen molar-refractivity contribution in [2.45, 2.75) is 50.2 Å². The van der Waals surface area contributed by atoms with Crippen LogP contribution in [0.25, 0.3) is 16.8 Å². The molecule has 2 fully saturated rings. The topological polar surface area (TPSA) is 106 Å². The molecule has 0 saturated carbocycles. The molecule has 4 heterocycles. The quantitative estimate of drug-likeness (QED) is 0.430. The highest BCUT2D eigenvalue weighted by Crippen LogP contribution is 2.39. The number of para-hydroxylation sites is 1. The van der Waals surface area contributed by atoms with E-state index in [1.807, 2.05) is 64.0 Å². The molecule has 0 bridgehead atoms. The van der Waals surface area contributed by atoms with Crippen molar-refractivity contribution in [3.05, 3.63) is 77.9 Å². The number of methoxy groups -OCH3 is 1. The molecule has 2 aliphatic heterocycles. The van der Waals surface area contributed by atoms with Gasteiger partial charge in [0, 0.05) is 48.4 Å². The number of nitrogens with zero attached hydrogens (tertiary/aromatic N) is 4. The van der Waals surface area contributed by atoms with Gasteiger partial charge in [-0.25, -0.2) is 9.97 Å². The van der Waals surface area contributed by atoms with Crippen molar-refractivity contribution in [3.63, 3.8) is 0 Å². The van der Waals surface area contributed by atoms with E-state index in [1.54, 1.807) is 20.2 Å². The van der Waals surface area contributed by atoms with Crippen LogP contribution in [0, 0.1) is 0 Å². The molecule has 2 aromatic carbocycles. The zero-order chi connectivity index (χ0) is 25.7. The summed E-state index contributed by atoms with van der Waals surface area (Å²) < 4.78 is 7.51. The normalized spacial score (nSPS) is 21.2. The number of hydrogen-bond acceptors (Lipinski definition) is 6. The van der Waals surface area contributed by atoms with E-state index in [0.717, 1.165) is 47.4 Å². The predicted octanol–water partition coefficient (Wildman–Crippen LogP) is 4.11. The van der Waals surface area contributed by atoms with Gasteiger partial charge in [0.2, 0.25) is 5.91 Å². The molecule has 3 atom stereocenters. The van der Waals surface area contributed by atoms with E-state index in [4.69, 9.17) is 15.5 Å². The van der Waals surface area contributed by atoms with Crippen LogP contribution in [0.3, 0.4) is 0 Å². The highest BCUT2D eigenvalue weighted by Gasteiger charge is 2.38. The van der Waals surface area contributed by atoms with Crippen molar-refractivity contribution in [2.24, 2.45) is 0 Å². The van der Waals surface area contributed by atoms with Crippen LogP contribution in [0.5, 0.6) is 5.75 Å². The van der Waals surface area contributed by atoms with Crippen molar-refractivity contribution in [2.75, 3.05) is 19.4 Å². The first-order chi connectivity index (χ1) is 17.9. The molecule has 8 nitrogen and oxygen atoms in total. The molecule has 190 valence electrons. The third-order valence-electron chi connectivity index (χ3n) is 8.05. The SMILES string of the molecule is COc1ccccc1[C@](C)(O)c1ccc(-c2nc([C@@H]3CC[C@H]4CCC(=O)N4C3)n3ccnc(N)c23)cc1. The van der Waals surface area contributed by atoms with Gasteiger partial charge >= 0.3 is 0 Å². The molecule has 37 heavy (non-hydrogen) atoms. The number of amides is 1. The molecule has 6 rings (SSSR count). The molecule has 0 aliphatic carbocycles. The van der Waals surface area contributed by atoms with Gasteiger partial charge in [0.1, 0.15) is 34.2 Å². The number of aliphatic hydroxyl groups is 1. The van der Waals surface area contributed by atoms with Gasteiger partial charge in [0.15, 0.2) is 0 Å². The number of ether oxygens (including phenoxy) is 1. The Morgan fingerprint density at radius 2 is 1.89 bits per heavy atom. The molecule has 0 spiro atoms. The molecule has 8 heteroatoms. The lowest BCUT2D eigenvalue weighted by molar-refractivity contribution is -0.130. The maximum Gasteiger partial charge on any atom is 0.222 e. The van der Waals surface area contributed by atoms with Gasteiger partial charge in [-0.2, -0.15) is 0 Å². The second-order valence-electron chi connectivity index (χ2n) is 10.2. The highest BCUT2D eigenvalue weighted by molar-refractivity contribution is 5.85. The van der Waals surface area contributed by atoms with Crippen LogP contribution in [-0.2, 0) is 10.4 Å². The van der Waals surface area contributed by atoms with Crippen LogP contribution in [0.15, 0.2) is 60.9 Å². The summed E-state index contributed by atoms with van der Waals surface area (Å²) >= 11 is 0. The molecule has 4 aromatic rings. The number of benzene rings is 2. The first-order valence-electron chi connectivity index (χ1n) is 12.8. The minimum atomic E-state index is -1.24. The summed E-state index contributed by atoms with van der Waals surface area (Å²) in [5.41, 5.74) is 8.94. The molecule has 0 unspecified atom stereocenters. The standard InChI is InChI=1S/C29H31N5O3/c1-29(36,22-5-3-4-6-23(22)37-2)20-10-7-18(8-11-20)25-26-27(30)31-15-16-33(26)28(32-25)19-9-12-21-13-14-24(35)34(21)17-19/h3-8,10-11,15-16,19,21,36H,9,12-14,17H2,1-2H3,(H2,30,31)/t19-,21+,29-/m1/s1. The Hall–Kier alpha value is -3.91. The Labute approximate surface area is 215 Å². The van der Waals surface area contributed by atoms with Crippen molar-refractivity contribution in [1.82, 2.24) is 19.3 Å². The lowest BCUT2D eigenvalue weighted by atomic mass is 9.87. The number of anilines is 1. The van der Waals surface area contributed by atoms with E-state index in [1.165, 1.54) is 0 Å². The Balaban J connectivity index is 1.38. The number of imidazole rings is 1. The summed E-state index contributed by atoms with van der Waals surface area (Å²) in [5, 5.41) is 11.5. The maximum absolute atomic E-state index is 12.4. The molecular formula is C29H31N5O3. The van der Waals surface area contributed by atoms with Gasteiger partial charge in [-0.1, -0.05) is 42.5 Å².